The second kappa shape index (κ2) is 7.85. The minimum Gasteiger partial charge on any atom is -0.375 e. The second-order valence-corrected chi connectivity index (χ2v) is 6.18. The highest BCUT2D eigenvalue weighted by Crippen LogP contribution is 2.24. The first-order chi connectivity index (χ1) is 8.94. The third kappa shape index (κ3) is 6.39. The lowest BCUT2D eigenvalue weighted by Gasteiger charge is -2.37. The fourth-order valence-corrected chi connectivity index (χ4v) is 2.54. The Morgan fingerprint density at radius 1 is 1.42 bits per heavy atom. The first-order valence-corrected chi connectivity index (χ1v) is 7.62. The number of amides is 1. The maximum absolute atomic E-state index is 11.9. The van der Waals surface area contributed by atoms with Crippen molar-refractivity contribution in [3.8, 4) is 0 Å². The molecule has 112 valence electrons. The molecule has 1 rings (SSSR count). The van der Waals surface area contributed by atoms with E-state index in [-0.39, 0.29) is 17.6 Å². The molecule has 2 atom stereocenters. The lowest BCUT2D eigenvalue weighted by Crippen LogP contribution is -2.51. The minimum absolute atomic E-state index is 0.0762. The number of hydrogen-bond acceptors (Lipinski definition) is 3. The number of unbranched alkanes of at least 4 members (excludes halogenated alkanes) is 2. The summed E-state index contributed by atoms with van der Waals surface area (Å²) >= 11 is 0. The van der Waals surface area contributed by atoms with Gasteiger partial charge < -0.3 is 15.4 Å². The van der Waals surface area contributed by atoms with Gasteiger partial charge in [0.2, 0.25) is 5.91 Å². The zero-order valence-corrected chi connectivity index (χ0v) is 12.9. The van der Waals surface area contributed by atoms with Gasteiger partial charge in [0.1, 0.15) is 0 Å². The highest BCUT2D eigenvalue weighted by molar-refractivity contribution is 5.81. The van der Waals surface area contributed by atoms with Crippen LogP contribution in [0.2, 0.25) is 0 Å². The van der Waals surface area contributed by atoms with Gasteiger partial charge in [0, 0.05) is 19.2 Å². The van der Waals surface area contributed by atoms with Gasteiger partial charge in [-0.25, -0.2) is 0 Å². The fraction of sp³-hybridized carbons (Fsp3) is 0.933. The lowest BCUT2D eigenvalue weighted by atomic mass is 9.93. The molecule has 2 unspecified atom stereocenters. The van der Waals surface area contributed by atoms with Crippen LogP contribution < -0.4 is 10.6 Å². The van der Waals surface area contributed by atoms with Crippen molar-refractivity contribution in [1.82, 2.24) is 10.6 Å². The van der Waals surface area contributed by atoms with Gasteiger partial charge in [0.25, 0.3) is 0 Å². The van der Waals surface area contributed by atoms with Crippen LogP contribution in [0.5, 0.6) is 0 Å². The van der Waals surface area contributed by atoms with E-state index < -0.39 is 0 Å². The molecular formula is C15H30N2O2. The smallest absolute Gasteiger partial charge is 0.236 e. The summed E-state index contributed by atoms with van der Waals surface area (Å²) in [4.78, 5) is 11.9. The number of nitrogens with one attached hydrogen (secondary N) is 2. The normalized spacial score (nSPS) is 23.9. The van der Waals surface area contributed by atoms with E-state index in [0.29, 0.717) is 6.04 Å². The maximum atomic E-state index is 11.9. The van der Waals surface area contributed by atoms with Crippen molar-refractivity contribution >= 4 is 5.91 Å². The number of ether oxygens (including phenoxy) is 1. The molecule has 0 aromatic heterocycles. The summed E-state index contributed by atoms with van der Waals surface area (Å²) in [6, 6.07) is 0.251. The fourth-order valence-electron chi connectivity index (χ4n) is 2.54. The summed E-state index contributed by atoms with van der Waals surface area (Å²) in [6.07, 6.45) is 5.37. The van der Waals surface area contributed by atoms with E-state index in [1.807, 2.05) is 6.92 Å². The highest BCUT2D eigenvalue weighted by atomic mass is 16.5. The monoisotopic (exact) mass is 270 g/mol. The van der Waals surface area contributed by atoms with Crippen LogP contribution in [0.3, 0.4) is 0 Å². The number of rotatable bonds is 7. The molecule has 1 heterocycles. The first kappa shape index (κ1) is 16.4. The van der Waals surface area contributed by atoms with Crippen LogP contribution in [0.15, 0.2) is 0 Å². The Labute approximate surface area is 117 Å². The van der Waals surface area contributed by atoms with Gasteiger partial charge in [-0.15, -0.1) is 0 Å². The zero-order valence-electron chi connectivity index (χ0n) is 12.9. The predicted octanol–water partition coefficient (Wildman–Crippen LogP) is 2.23. The average Bonchev–Trinajstić information content (AvgIpc) is 2.33. The molecule has 0 radical (unpaired) electrons. The van der Waals surface area contributed by atoms with Crippen LogP contribution >= 0.6 is 0 Å². The van der Waals surface area contributed by atoms with Gasteiger partial charge in [0.05, 0.1) is 11.6 Å². The quantitative estimate of drug-likeness (QED) is 0.698. The molecular weight excluding hydrogens is 240 g/mol. The van der Waals surface area contributed by atoms with Gasteiger partial charge in [-0.2, -0.15) is 0 Å². The molecule has 1 saturated heterocycles. The molecule has 0 aromatic rings. The van der Waals surface area contributed by atoms with Crippen LogP contribution in [0.1, 0.15) is 59.8 Å². The van der Waals surface area contributed by atoms with Crippen LogP contribution in [0, 0.1) is 0 Å². The van der Waals surface area contributed by atoms with Crippen LogP contribution in [0.25, 0.3) is 0 Å². The third-order valence-corrected chi connectivity index (χ3v) is 3.66. The summed E-state index contributed by atoms with van der Waals surface area (Å²) in [5.41, 5.74) is -0.0762. The van der Waals surface area contributed by atoms with Crippen LogP contribution in [0.4, 0.5) is 0 Å². The predicted molar refractivity (Wildman–Crippen MR) is 78.2 cm³/mol. The van der Waals surface area contributed by atoms with Crippen molar-refractivity contribution in [3.05, 3.63) is 0 Å². The Morgan fingerprint density at radius 3 is 2.79 bits per heavy atom. The lowest BCUT2D eigenvalue weighted by molar-refractivity contribution is -0.123. The molecule has 0 bridgehead atoms. The number of hydrogen-bond donors (Lipinski definition) is 2. The molecule has 4 heteroatoms. The molecule has 0 aliphatic carbocycles. The van der Waals surface area contributed by atoms with Crippen LogP contribution in [-0.4, -0.2) is 36.7 Å². The molecule has 1 amide bonds. The van der Waals surface area contributed by atoms with Gasteiger partial charge in [-0.1, -0.05) is 19.8 Å². The highest BCUT2D eigenvalue weighted by Gasteiger charge is 2.30. The zero-order chi connectivity index (χ0) is 14.3. The summed E-state index contributed by atoms with van der Waals surface area (Å²) < 4.78 is 5.69. The molecule has 1 aliphatic heterocycles. The largest absolute Gasteiger partial charge is 0.375 e. The van der Waals surface area contributed by atoms with E-state index in [1.165, 1.54) is 12.8 Å². The van der Waals surface area contributed by atoms with Crippen molar-refractivity contribution in [2.75, 3.05) is 13.2 Å². The molecule has 0 aromatic carbocycles. The van der Waals surface area contributed by atoms with Gasteiger partial charge >= 0.3 is 0 Å². The Kier molecular flexibility index (Phi) is 6.80. The topological polar surface area (TPSA) is 50.4 Å². The Hall–Kier alpha value is -0.610. The van der Waals surface area contributed by atoms with Crippen molar-refractivity contribution in [1.29, 1.82) is 0 Å². The van der Waals surface area contributed by atoms with Gasteiger partial charge in [-0.3, -0.25) is 4.79 Å². The van der Waals surface area contributed by atoms with E-state index in [9.17, 15) is 4.79 Å². The van der Waals surface area contributed by atoms with E-state index in [1.54, 1.807) is 0 Å². The molecule has 2 N–H and O–H groups in total. The number of carbonyl (C=O) groups is 1. The number of carbonyl (C=O) groups excluding carboxylic acids is 1. The summed E-state index contributed by atoms with van der Waals surface area (Å²) in [5.74, 6) is 0.111. The molecule has 0 saturated carbocycles. The second-order valence-electron chi connectivity index (χ2n) is 6.18. The van der Waals surface area contributed by atoms with Gasteiger partial charge in [-0.05, 0) is 40.0 Å². The Morgan fingerprint density at radius 2 is 2.16 bits per heavy atom. The summed E-state index contributed by atoms with van der Waals surface area (Å²) in [6.45, 7) is 9.89. The van der Waals surface area contributed by atoms with E-state index >= 15 is 0 Å². The van der Waals surface area contributed by atoms with Crippen LogP contribution in [-0.2, 0) is 9.53 Å². The first-order valence-electron chi connectivity index (χ1n) is 7.62. The maximum Gasteiger partial charge on any atom is 0.236 e. The van der Waals surface area contributed by atoms with Crippen molar-refractivity contribution in [2.24, 2.45) is 0 Å². The molecule has 0 spiro atoms. The third-order valence-electron chi connectivity index (χ3n) is 3.66. The Bertz CT molecular complexity index is 279. The molecule has 1 fully saturated rings. The van der Waals surface area contributed by atoms with Crippen molar-refractivity contribution in [2.45, 2.75) is 77.5 Å². The van der Waals surface area contributed by atoms with Crippen molar-refractivity contribution < 1.29 is 9.53 Å². The summed E-state index contributed by atoms with van der Waals surface area (Å²) in [5, 5.41) is 6.42. The van der Waals surface area contributed by atoms with E-state index in [2.05, 4.69) is 31.4 Å². The van der Waals surface area contributed by atoms with Crippen molar-refractivity contribution in [3.63, 3.8) is 0 Å². The Balaban J connectivity index is 2.25. The SMILES string of the molecule is CCCCCNC(=O)C(C)NC1CCOC(C)(C)C1. The van der Waals surface area contributed by atoms with E-state index in [0.717, 1.165) is 32.4 Å². The standard InChI is InChI=1S/C15H30N2O2/c1-5-6-7-9-16-14(18)12(2)17-13-8-10-19-15(3,4)11-13/h12-13,17H,5-11H2,1-4H3,(H,16,18). The van der Waals surface area contributed by atoms with Gasteiger partial charge in [0.15, 0.2) is 0 Å². The van der Waals surface area contributed by atoms with E-state index in [4.69, 9.17) is 4.74 Å². The molecule has 4 nitrogen and oxygen atoms in total. The minimum atomic E-state index is -0.125. The molecule has 1 aliphatic rings. The summed E-state index contributed by atoms with van der Waals surface area (Å²) in [7, 11) is 0. The average molecular weight is 270 g/mol. The molecule has 19 heavy (non-hydrogen) atoms.